The quantitative estimate of drug-likeness (QED) is 0.541. The van der Waals surface area contributed by atoms with E-state index in [4.69, 9.17) is 12.2 Å². The number of rotatable bonds is 7. The zero-order valence-electron chi connectivity index (χ0n) is 12.8. The fraction of sp³-hybridized carbons (Fsp3) is 0.438. The molecule has 4 nitrogen and oxygen atoms in total. The van der Waals surface area contributed by atoms with Crippen molar-refractivity contribution in [2.75, 3.05) is 33.7 Å². The van der Waals surface area contributed by atoms with E-state index in [-0.39, 0.29) is 0 Å². The summed E-state index contributed by atoms with van der Waals surface area (Å²) in [5.74, 6) is 0. The minimum absolute atomic E-state index is 0.744. The molecule has 0 aliphatic heterocycles. The van der Waals surface area contributed by atoms with Gasteiger partial charge in [0.05, 0.1) is 0 Å². The van der Waals surface area contributed by atoms with Crippen LogP contribution in [0.5, 0.6) is 0 Å². The maximum absolute atomic E-state index is 5.28. The van der Waals surface area contributed by atoms with Gasteiger partial charge in [-0.25, -0.2) is 0 Å². The molecule has 0 radical (unpaired) electrons. The molecule has 0 spiro atoms. The highest BCUT2D eigenvalue weighted by molar-refractivity contribution is 7.80. The molecule has 114 valence electrons. The number of hydrogen-bond acceptors (Lipinski definition) is 2. The molecule has 2 aromatic rings. The summed E-state index contributed by atoms with van der Waals surface area (Å²) in [7, 11) is 4.16. The Labute approximate surface area is 131 Å². The van der Waals surface area contributed by atoms with E-state index in [1.807, 2.05) is 6.07 Å². The summed E-state index contributed by atoms with van der Waals surface area (Å²) in [4.78, 5) is 5.47. The Morgan fingerprint density at radius 2 is 1.95 bits per heavy atom. The molecule has 0 amide bonds. The number of aromatic amines is 1. The van der Waals surface area contributed by atoms with Crippen LogP contribution in [0.4, 0.5) is 0 Å². The lowest BCUT2D eigenvalue weighted by atomic mass is 10.1. The molecule has 0 unspecified atom stereocenters. The number of fused-ring (bicyclic) bond motifs is 1. The Hall–Kier alpha value is -1.59. The highest BCUT2D eigenvalue weighted by Gasteiger charge is 2.02. The lowest BCUT2D eigenvalue weighted by Crippen LogP contribution is -2.37. The highest BCUT2D eigenvalue weighted by atomic mass is 32.1. The number of nitrogens with one attached hydrogen (secondary N) is 3. The van der Waals surface area contributed by atoms with Gasteiger partial charge >= 0.3 is 0 Å². The Kier molecular flexibility index (Phi) is 6.02. The normalized spacial score (nSPS) is 11.0. The van der Waals surface area contributed by atoms with E-state index in [0.717, 1.165) is 37.6 Å². The lowest BCUT2D eigenvalue weighted by molar-refractivity contribution is 0.400. The molecular formula is C16H24N4S. The summed E-state index contributed by atoms with van der Waals surface area (Å²) >= 11 is 5.28. The number of nitrogens with zero attached hydrogens (tertiary/aromatic N) is 1. The first-order valence-electron chi connectivity index (χ1n) is 7.38. The van der Waals surface area contributed by atoms with E-state index in [1.54, 1.807) is 0 Å². The maximum Gasteiger partial charge on any atom is 0.166 e. The van der Waals surface area contributed by atoms with Gasteiger partial charge in [-0.2, -0.15) is 0 Å². The van der Waals surface area contributed by atoms with Gasteiger partial charge in [0.1, 0.15) is 0 Å². The minimum atomic E-state index is 0.744. The number of thiocarbonyl (C=S) groups is 1. The van der Waals surface area contributed by atoms with Crippen molar-refractivity contribution in [1.82, 2.24) is 20.5 Å². The molecule has 1 heterocycles. The SMILES string of the molecule is CN(C)CCCNC(=S)NCCc1c[nH]c2ccccc12. The number of benzene rings is 1. The summed E-state index contributed by atoms with van der Waals surface area (Å²) in [6.45, 7) is 2.84. The molecule has 0 atom stereocenters. The van der Waals surface area contributed by atoms with Crippen LogP contribution in [0, 0.1) is 0 Å². The molecule has 2 rings (SSSR count). The monoisotopic (exact) mass is 304 g/mol. The molecule has 21 heavy (non-hydrogen) atoms. The van der Waals surface area contributed by atoms with Gasteiger partial charge in [-0.05, 0) is 57.3 Å². The molecule has 0 aliphatic carbocycles. The molecular weight excluding hydrogens is 280 g/mol. The molecule has 5 heteroatoms. The first kappa shape index (κ1) is 15.8. The Morgan fingerprint density at radius 1 is 1.19 bits per heavy atom. The van der Waals surface area contributed by atoms with Crippen LogP contribution in [-0.2, 0) is 6.42 Å². The summed E-state index contributed by atoms with van der Waals surface area (Å²) in [6, 6.07) is 8.37. The van der Waals surface area contributed by atoms with Crippen molar-refractivity contribution < 1.29 is 0 Å². The lowest BCUT2D eigenvalue weighted by Gasteiger charge is -2.12. The van der Waals surface area contributed by atoms with Gasteiger partial charge in [0.25, 0.3) is 0 Å². The van der Waals surface area contributed by atoms with Crippen LogP contribution in [0.25, 0.3) is 10.9 Å². The van der Waals surface area contributed by atoms with Crippen molar-refractivity contribution >= 4 is 28.2 Å². The first-order chi connectivity index (χ1) is 10.2. The molecule has 0 saturated heterocycles. The molecule has 1 aromatic heterocycles. The third kappa shape index (κ3) is 5.02. The van der Waals surface area contributed by atoms with E-state index in [0.29, 0.717) is 0 Å². The van der Waals surface area contributed by atoms with Crippen molar-refractivity contribution in [3.05, 3.63) is 36.0 Å². The first-order valence-corrected chi connectivity index (χ1v) is 7.79. The van der Waals surface area contributed by atoms with E-state index in [1.165, 1.54) is 16.5 Å². The Bertz CT molecular complexity index is 576. The Balaban J connectivity index is 1.68. The second-order valence-electron chi connectivity index (χ2n) is 5.45. The zero-order chi connectivity index (χ0) is 15.1. The van der Waals surface area contributed by atoms with Crippen molar-refractivity contribution in [2.45, 2.75) is 12.8 Å². The highest BCUT2D eigenvalue weighted by Crippen LogP contribution is 2.17. The van der Waals surface area contributed by atoms with Gasteiger partial charge in [-0.15, -0.1) is 0 Å². The van der Waals surface area contributed by atoms with E-state index >= 15 is 0 Å². The number of hydrogen-bond donors (Lipinski definition) is 3. The van der Waals surface area contributed by atoms with Crippen LogP contribution in [0.2, 0.25) is 0 Å². The zero-order valence-corrected chi connectivity index (χ0v) is 13.6. The van der Waals surface area contributed by atoms with E-state index in [2.05, 4.69) is 59.0 Å². The van der Waals surface area contributed by atoms with Gasteiger partial charge in [0.15, 0.2) is 5.11 Å². The average Bonchev–Trinajstić information content (AvgIpc) is 2.87. The van der Waals surface area contributed by atoms with Crippen molar-refractivity contribution in [1.29, 1.82) is 0 Å². The largest absolute Gasteiger partial charge is 0.363 e. The number of H-pyrrole nitrogens is 1. The van der Waals surface area contributed by atoms with Crippen LogP contribution in [0.3, 0.4) is 0 Å². The number of aromatic nitrogens is 1. The van der Waals surface area contributed by atoms with Gasteiger partial charge in [0.2, 0.25) is 0 Å². The standard InChI is InChI=1S/C16H24N4S/c1-20(2)11-5-9-17-16(21)18-10-8-13-12-19-15-7-4-3-6-14(13)15/h3-4,6-7,12,19H,5,8-11H2,1-2H3,(H2,17,18,21). The molecule has 0 fully saturated rings. The van der Waals surface area contributed by atoms with Crippen LogP contribution < -0.4 is 10.6 Å². The molecule has 0 aliphatic rings. The molecule has 3 N–H and O–H groups in total. The summed E-state index contributed by atoms with van der Waals surface area (Å²) in [6.07, 6.45) is 4.14. The fourth-order valence-electron chi connectivity index (χ4n) is 2.31. The van der Waals surface area contributed by atoms with Crippen molar-refractivity contribution in [2.24, 2.45) is 0 Å². The number of para-hydroxylation sites is 1. The third-order valence-electron chi connectivity index (χ3n) is 3.42. The van der Waals surface area contributed by atoms with E-state index < -0.39 is 0 Å². The van der Waals surface area contributed by atoms with Crippen LogP contribution >= 0.6 is 12.2 Å². The Morgan fingerprint density at radius 3 is 2.76 bits per heavy atom. The van der Waals surface area contributed by atoms with Gasteiger partial charge in [-0.3, -0.25) is 0 Å². The van der Waals surface area contributed by atoms with Gasteiger partial charge < -0.3 is 20.5 Å². The second-order valence-corrected chi connectivity index (χ2v) is 5.86. The minimum Gasteiger partial charge on any atom is -0.363 e. The summed E-state index contributed by atoms with van der Waals surface area (Å²) in [5, 5.41) is 8.55. The van der Waals surface area contributed by atoms with Crippen LogP contribution in [0.15, 0.2) is 30.5 Å². The van der Waals surface area contributed by atoms with E-state index in [9.17, 15) is 0 Å². The summed E-state index contributed by atoms with van der Waals surface area (Å²) in [5.41, 5.74) is 2.52. The third-order valence-corrected chi connectivity index (χ3v) is 3.71. The van der Waals surface area contributed by atoms with Crippen LogP contribution in [-0.4, -0.2) is 48.7 Å². The summed E-state index contributed by atoms with van der Waals surface area (Å²) < 4.78 is 0. The van der Waals surface area contributed by atoms with Gasteiger partial charge in [0, 0.05) is 30.2 Å². The fourth-order valence-corrected chi connectivity index (χ4v) is 2.51. The van der Waals surface area contributed by atoms with Crippen molar-refractivity contribution in [3.8, 4) is 0 Å². The molecule has 0 bridgehead atoms. The van der Waals surface area contributed by atoms with Gasteiger partial charge in [-0.1, -0.05) is 18.2 Å². The molecule has 0 saturated carbocycles. The molecule has 1 aromatic carbocycles. The topological polar surface area (TPSA) is 43.1 Å². The predicted octanol–water partition coefficient (Wildman–Crippen LogP) is 2.13. The van der Waals surface area contributed by atoms with Crippen molar-refractivity contribution in [3.63, 3.8) is 0 Å². The predicted molar refractivity (Wildman–Crippen MR) is 93.8 cm³/mol. The van der Waals surface area contributed by atoms with Crippen LogP contribution in [0.1, 0.15) is 12.0 Å². The second kappa shape index (κ2) is 8.00. The smallest absolute Gasteiger partial charge is 0.166 e. The average molecular weight is 304 g/mol. The maximum atomic E-state index is 5.28.